The number of hydrogen-bond donors (Lipinski definition) is 2. The second-order valence-corrected chi connectivity index (χ2v) is 11.2. The fourth-order valence-electron chi connectivity index (χ4n) is 5.23. The summed E-state index contributed by atoms with van der Waals surface area (Å²) in [6.45, 7) is 2.62. The summed E-state index contributed by atoms with van der Waals surface area (Å²) in [5, 5.41) is 3.87. The van der Waals surface area contributed by atoms with Crippen LogP contribution in [0.2, 0.25) is 5.02 Å². The van der Waals surface area contributed by atoms with Gasteiger partial charge in [-0.25, -0.2) is 9.37 Å². The van der Waals surface area contributed by atoms with E-state index in [9.17, 15) is 4.79 Å². The number of para-hydroxylation sites is 1. The first-order valence-corrected chi connectivity index (χ1v) is 13.8. The van der Waals surface area contributed by atoms with Crippen LogP contribution in [-0.4, -0.2) is 71.6 Å². The summed E-state index contributed by atoms with van der Waals surface area (Å²) in [4.78, 5) is 30.0. The highest BCUT2D eigenvalue weighted by atomic mass is 35.5. The first-order valence-electron chi connectivity index (χ1n) is 12.6. The van der Waals surface area contributed by atoms with Gasteiger partial charge in [0.05, 0.1) is 21.8 Å². The molecule has 1 unspecified atom stereocenters. The molecule has 12 heteroatoms. The van der Waals surface area contributed by atoms with Crippen molar-refractivity contribution in [1.82, 2.24) is 25.2 Å². The van der Waals surface area contributed by atoms with Crippen LogP contribution < -0.4 is 20.7 Å². The van der Waals surface area contributed by atoms with E-state index in [1.807, 2.05) is 17.0 Å². The number of ether oxygens (including phenoxy) is 1. The van der Waals surface area contributed by atoms with Gasteiger partial charge in [0, 0.05) is 35.6 Å². The number of hydrogen-bond acceptors (Lipinski definition) is 9. The number of likely N-dealkylation sites (tertiary alicyclic amines) is 1. The van der Waals surface area contributed by atoms with Crippen molar-refractivity contribution >= 4 is 60.9 Å². The minimum Gasteiger partial charge on any atom is -0.462 e. The Kier molecular flexibility index (Phi) is 6.67. The molecule has 2 aromatic carbocycles. The van der Waals surface area contributed by atoms with E-state index in [4.69, 9.17) is 22.1 Å². The highest BCUT2D eigenvalue weighted by Crippen LogP contribution is 2.42. The molecule has 1 atom stereocenters. The smallest absolute Gasteiger partial charge is 0.319 e. The molecule has 1 amide bonds. The van der Waals surface area contributed by atoms with E-state index in [0.717, 1.165) is 30.5 Å². The Labute approximate surface area is 227 Å². The van der Waals surface area contributed by atoms with Crippen molar-refractivity contribution in [3.05, 3.63) is 35.1 Å². The zero-order valence-corrected chi connectivity index (χ0v) is 22.4. The molecule has 6 rings (SSSR count). The molecule has 0 saturated carbocycles. The molecular weight excluding hydrogens is 529 g/mol. The maximum Gasteiger partial charge on any atom is 0.319 e. The van der Waals surface area contributed by atoms with Crippen LogP contribution >= 0.6 is 22.9 Å². The number of likely N-dealkylation sites (N-methyl/N-ethyl adjacent to an activating group) is 1. The number of aromatic nitrogens is 3. The Hall–Kier alpha value is -3.28. The molecule has 4 heterocycles. The predicted molar refractivity (Wildman–Crippen MR) is 149 cm³/mol. The molecule has 38 heavy (non-hydrogen) atoms. The van der Waals surface area contributed by atoms with Crippen LogP contribution in [0.4, 0.5) is 15.3 Å². The van der Waals surface area contributed by atoms with Gasteiger partial charge in [0.15, 0.2) is 10.9 Å². The van der Waals surface area contributed by atoms with Gasteiger partial charge < -0.3 is 25.6 Å². The van der Waals surface area contributed by atoms with E-state index in [-0.39, 0.29) is 40.6 Å². The Morgan fingerprint density at radius 2 is 2.11 bits per heavy atom. The van der Waals surface area contributed by atoms with Gasteiger partial charge in [-0.05, 0) is 45.0 Å². The van der Waals surface area contributed by atoms with Crippen LogP contribution in [0, 0.1) is 5.82 Å². The number of benzene rings is 2. The van der Waals surface area contributed by atoms with Gasteiger partial charge >= 0.3 is 6.01 Å². The van der Waals surface area contributed by atoms with Gasteiger partial charge in [-0.15, -0.1) is 0 Å². The first kappa shape index (κ1) is 25.0. The van der Waals surface area contributed by atoms with Crippen molar-refractivity contribution in [3.8, 4) is 17.1 Å². The summed E-state index contributed by atoms with van der Waals surface area (Å²) in [6, 6.07) is 7.45. The van der Waals surface area contributed by atoms with Crippen molar-refractivity contribution in [1.29, 1.82) is 0 Å². The van der Waals surface area contributed by atoms with E-state index in [1.54, 1.807) is 12.1 Å². The summed E-state index contributed by atoms with van der Waals surface area (Å²) in [5.41, 5.74) is 7.32. The number of nitrogens with two attached hydrogens (primary N) is 1. The second kappa shape index (κ2) is 10.1. The third kappa shape index (κ3) is 4.59. The standard InChI is InChI=1S/C26H27ClFN7O2S/c1-34-9-3-5-14(34)13-37-26-32-23-16(24(33-26)35-10-4-8-30-19(36)12-35)11-17(27)20(21(23)28)15-6-2-7-18-22(15)31-25(29)38-18/h2,6-7,11,14H,3-5,8-10,12-13H2,1H3,(H2,29,31)(H,30,36). The van der Waals surface area contributed by atoms with Crippen molar-refractivity contribution in [2.75, 3.05) is 50.5 Å². The average molecular weight is 556 g/mol. The number of amides is 1. The molecule has 2 fully saturated rings. The lowest BCUT2D eigenvalue weighted by Crippen LogP contribution is -2.34. The van der Waals surface area contributed by atoms with Gasteiger partial charge in [0.25, 0.3) is 0 Å². The fraction of sp³-hybridized carbons (Fsp3) is 0.385. The molecule has 0 bridgehead atoms. The Balaban J connectivity index is 1.51. The lowest BCUT2D eigenvalue weighted by molar-refractivity contribution is -0.119. The number of carbonyl (C=O) groups is 1. The average Bonchev–Trinajstić information content (AvgIpc) is 3.41. The van der Waals surface area contributed by atoms with Gasteiger partial charge in [-0.1, -0.05) is 35.1 Å². The Bertz CT molecular complexity index is 1550. The van der Waals surface area contributed by atoms with Crippen LogP contribution in [0.3, 0.4) is 0 Å². The summed E-state index contributed by atoms with van der Waals surface area (Å²) in [5.74, 6) is -0.303. The number of carbonyl (C=O) groups excluding carboxylic acids is 1. The molecule has 2 aliphatic heterocycles. The first-order chi connectivity index (χ1) is 18.4. The number of halogens is 2. The molecule has 2 saturated heterocycles. The van der Waals surface area contributed by atoms with E-state index >= 15 is 4.39 Å². The number of nitrogens with one attached hydrogen (secondary N) is 1. The molecular formula is C26H27ClFN7O2S. The fourth-order valence-corrected chi connectivity index (χ4v) is 6.28. The molecule has 9 nitrogen and oxygen atoms in total. The maximum absolute atomic E-state index is 16.4. The number of thiazole rings is 1. The predicted octanol–water partition coefficient (Wildman–Crippen LogP) is 4.08. The Morgan fingerprint density at radius 3 is 2.92 bits per heavy atom. The molecule has 198 valence electrons. The summed E-state index contributed by atoms with van der Waals surface area (Å²) < 4.78 is 23.3. The Morgan fingerprint density at radius 1 is 1.24 bits per heavy atom. The van der Waals surface area contributed by atoms with Gasteiger partial charge in [0.1, 0.15) is 17.9 Å². The van der Waals surface area contributed by atoms with Crippen molar-refractivity contribution in [2.45, 2.75) is 25.3 Å². The zero-order valence-electron chi connectivity index (χ0n) is 20.8. The van der Waals surface area contributed by atoms with Crippen molar-refractivity contribution < 1.29 is 13.9 Å². The molecule has 0 aliphatic carbocycles. The van der Waals surface area contributed by atoms with Crippen LogP contribution in [0.25, 0.3) is 32.2 Å². The molecule has 2 aliphatic rings. The minimum atomic E-state index is -0.600. The minimum absolute atomic E-state index is 0.0701. The number of fused-ring (bicyclic) bond motifs is 2. The third-order valence-corrected chi connectivity index (χ3v) is 8.33. The van der Waals surface area contributed by atoms with E-state index in [2.05, 4.69) is 32.2 Å². The van der Waals surface area contributed by atoms with Crippen LogP contribution in [-0.2, 0) is 4.79 Å². The van der Waals surface area contributed by atoms with Gasteiger partial charge in [0.2, 0.25) is 5.91 Å². The van der Waals surface area contributed by atoms with Crippen LogP contribution in [0.5, 0.6) is 6.01 Å². The molecule has 0 radical (unpaired) electrons. The van der Waals surface area contributed by atoms with E-state index < -0.39 is 5.82 Å². The van der Waals surface area contributed by atoms with E-state index in [0.29, 0.717) is 47.1 Å². The quantitative estimate of drug-likeness (QED) is 0.379. The van der Waals surface area contributed by atoms with Gasteiger partial charge in [-0.2, -0.15) is 9.97 Å². The number of nitrogen functional groups attached to an aromatic ring is 1. The van der Waals surface area contributed by atoms with Gasteiger partial charge in [-0.3, -0.25) is 4.79 Å². The van der Waals surface area contributed by atoms with E-state index in [1.165, 1.54) is 11.3 Å². The molecule has 4 aromatic rings. The normalized spacial score (nSPS) is 18.8. The third-order valence-electron chi connectivity index (χ3n) is 7.18. The largest absolute Gasteiger partial charge is 0.462 e. The zero-order chi connectivity index (χ0) is 26.4. The second-order valence-electron chi connectivity index (χ2n) is 9.69. The maximum atomic E-state index is 16.4. The topological polar surface area (TPSA) is 110 Å². The highest BCUT2D eigenvalue weighted by Gasteiger charge is 2.27. The number of rotatable bonds is 5. The van der Waals surface area contributed by atoms with Crippen LogP contribution in [0.1, 0.15) is 19.3 Å². The molecule has 0 spiro atoms. The summed E-state index contributed by atoms with van der Waals surface area (Å²) >= 11 is 8.07. The SMILES string of the molecule is CN1CCCC1COc1nc(N2CCCNC(=O)C2)c2cc(Cl)c(-c3cccc4sc(N)nc34)c(F)c2n1. The van der Waals surface area contributed by atoms with Crippen molar-refractivity contribution in [3.63, 3.8) is 0 Å². The lowest BCUT2D eigenvalue weighted by Gasteiger charge is -2.24. The number of anilines is 2. The lowest BCUT2D eigenvalue weighted by atomic mass is 10.0. The van der Waals surface area contributed by atoms with Crippen molar-refractivity contribution in [2.24, 2.45) is 0 Å². The highest BCUT2D eigenvalue weighted by molar-refractivity contribution is 7.22. The number of nitrogens with zero attached hydrogens (tertiary/aromatic N) is 5. The molecule has 3 N–H and O–H groups in total. The monoisotopic (exact) mass is 555 g/mol. The van der Waals surface area contributed by atoms with Crippen LogP contribution in [0.15, 0.2) is 24.3 Å². The molecule has 2 aromatic heterocycles. The summed E-state index contributed by atoms with van der Waals surface area (Å²) in [7, 11) is 2.06. The summed E-state index contributed by atoms with van der Waals surface area (Å²) in [6.07, 6.45) is 2.83.